The van der Waals surface area contributed by atoms with Gasteiger partial charge in [-0.2, -0.15) is 0 Å². The molecule has 1 aliphatic heterocycles. The zero-order chi connectivity index (χ0) is 7.68. The van der Waals surface area contributed by atoms with Gasteiger partial charge in [0.1, 0.15) is 5.78 Å². The number of likely N-dealkylation sites (tertiary alicyclic amines) is 1. The molecule has 2 nitrogen and oxygen atoms in total. The fraction of sp³-hybridized carbons (Fsp3) is 0.889. The third-order valence-electron chi connectivity index (χ3n) is 2.66. The van der Waals surface area contributed by atoms with Crippen LogP contribution in [0.25, 0.3) is 0 Å². The van der Waals surface area contributed by atoms with Gasteiger partial charge in [0.15, 0.2) is 0 Å². The summed E-state index contributed by atoms with van der Waals surface area (Å²) in [4.78, 5) is 13.2. The molecule has 0 atom stereocenters. The first-order valence-electron chi connectivity index (χ1n) is 4.58. The molecule has 0 aromatic heterocycles. The zero-order valence-corrected chi connectivity index (χ0v) is 6.88. The molecule has 0 spiro atoms. The molecule has 1 aliphatic carbocycles. The molecule has 0 radical (unpaired) electrons. The molecule has 2 aliphatic rings. The van der Waals surface area contributed by atoms with Gasteiger partial charge in [-0.25, -0.2) is 0 Å². The minimum Gasteiger partial charge on any atom is -0.298 e. The summed E-state index contributed by atoms with van der Waals surface area (Å²) < 4.78 is 0. The molecule has 2 rings (SSSR count). The van der Waals surface area contributed by atoms with Crippen LogP contribution in [0.2, 0.25) is 0 Å². The van der Waals surface area contributed by atoms with E-state index in [2.05, 4.69) is 4.90 Å². The number of rotatable bonds is 3. The highest BCUT2D eigenvalue weighted by atomic mass is 16.1. The lowest BCUT2D eigenvalue weighted by molar-refractivity contribution is -0.116. The van der Waals surface area contributed by atoms with Gasteiger partial charge in [-0.15, -0.1) is 0 Å². The zero-order valence-electron chi connectivity index (χ0n) is 6.88. The van der Waals surface area contributed by atoms with E-state index in [1.165, 1.54) is 19.3 Å². The number of carbonyl (C=O) groups excluding carboxylic acids is 1. The van der Waals surface area contributed by atoms with Gasteiger partial charge in [-0.1, -0.05) is 12.8 Å². The molecule has 0 aromatic carbocycles. The summed E-state index contributed by atoms with van der Waals surface area (Å²) in [6.07, 6.45) is 4.99. The lowest BCUT2D eigenvalue weighted by atomic mass is 10.3. The van der Waals surface area contributed by atoms with Crippen LogP contribution in [-0.4, -0.2) is 30.3 Å². The Hall–Kier alpha value is -0.370. The van der Waals surface area contributed by atoms with Crippen molar-refractivity contribution in [3.63, 3.8) is 0 Å². The molecule has 2 fully saturated rings. The second-order valence-electron chi connectivity index (χ2n) is 3.80. The Morgan fingerprint density at radius 2 is 2.27 bits per heavy atom. The summed E-state index contributed by atoms with van der Waals surface area (Å²) in [6.45, 7) is 2.91. The highest BCUT2D eigenvalue weighted by molar-refractivity contribution is 5.82. The number of nitrogens with zero attached hydrogens (tertiary/aromatic N) is 1. The molecule has 1 heterocycles. The van der Waals surface area contributed by atoms with E-state index in [4.69, 9.17) is 0 Å². The molecular weight excluding hydrogens is 138 g/mol. The van der Waals surface area contributed by atoms with Crippen molar-refractivity contribution in [1.82, 2.24) is 4.90 Å². The third-order valence-corrected chi connectivity index (χ3v) is 2.66. The van der Waals surface area contributed by atoms with Crippen molar-refractivity contribution in [2.45, 2.75) is 25.7 Å². The highest BCUT2D eigenvalue weighted by Gasteiger charge is 2.24. The maximum atomic E-state index is 10.9. The van der Waals surface area contributed by atoms with Gasteiger partial charge < -0.3 is 0 Å². The monoisotopic (exact) mass is 153 g/mol. The van der Waals surface area contributed by atoms with E-state index in [0.29, 0.717) is 5.78 Å². The maximum Gasteiger partial charge on any atom is 0.148 e. The molecule has 2 heteroatoms. The van der Waals surface area contributed by atoms with Crippen LogP contribution in [0.5, 0.6) is 0 Å². The predicted molar refractivity (Wildman–Crippen MR) is 43.4 cm³/mol. The minimum absolute atomic E-state index is 0.431. The van der Waals surface area contributed by atoms with Crippen LogP contribution in [-0.2, 0) is 4.79 Å². The molecule has 1 saturated heterocycles. The van der Waals surface area contributed by atoms with Crippen LogP contribution in [0.3, 0.4) is 0 Å². The Morgan fingerprint density at radius 1 is 1.45 bits per heavy atom. The van der Waals surface area contributed by atoms with Crippen LogP contribution < -0.4 is 0 Å². The van der Waals surface area contributed by atoms with E-state index in [1.807, 2.05) is 0 Å². The lowest BCUT2D eigenvalue weighted by Crippen LogP contribution is -2.22. The average molecular weight is 153 g/mol. The second-order valence-corrected chi connectivity index (χ2v) is 3.80. The van der Waals surface area contributed by atoms with Gasteiger partial charge >= 0.3 is 0 Å². The van der Waals surface area contributed by atoms with Gasteiger partial charge in [0, 0.05) is 13.0 Å². The largest absolute Gasteiger partial charge is 0.298 e. The van der Waals surface area contributed by atoms with E-state index in [-0.39, 0.29) is 0 Å². The number of Topliss-reactive ketones (excluding diaryl/α,β-unsaturated/α-hetero) is 1. The highest BCUT2D eigenvalue weighted by Crippen LogP contribution is 2.32. The first-order chi connectivity index (χ1) is 5.34. The smallest absolute Gasteiger partial charge is 0.148 e. The van der Waals surface area contributed by atoms with Crippen molar-refractivity contribution >= 4 is 5.78 Å². The summed E-state index contributed by atoms with van der Waals surface area (Å²) in [5, 5.41) is 0. The first-order valence-corrected chi connectivity index (χ1v) is 4.58. The standard InChI is InChI=1S/C9H15NO/c11-9-4-6-10(7-9)5-3-8-1-2-8/h8H,1-7H2. The van der Waals surface area contributed by atoms with Gasteiger partial charge in [-0.05, 0) is 18.9 Å². The molecule has 1 saturated carbocycles. The Labute approximate surface area is 67.6 Å². The van der Waals surface area contributed by atoms with Crippen LogP contribution in [0.15, 0.2) is 0 Å². The molecule has 0 unspecified atom stereocenters. The Balaban J connectivity index is 1.65. The fourth-order valence-corrected chi connectivity index (χ4v) is 1.65. The van der Waals surface area contributed by atoms with Crippen molar-refractivity contribution in [3.8, 4) is 0 Å². The summed E-state index contributed by atoms with van der Waals surface area (Å²) in [6, 6.07) is 0. The lowest BCUT2D eigenvalue weighted by Gasteiger charge is -2.11. The number of carbonyl (C=O) groups is 1. The van der Waals surface area contributed by atoms with Crippen molar-refractivity contribution in [2.75, 3.05) is 19.6 Å². The number of hydrogen-bond donors (Lipinski definition) is 0. The van der Waals surface area contributed by atoms with Crippen LogP contribution in [0.1, 0.15) is 25.7 Å². The number of hydrogen-bond acceptors (Lipinski definition) is 2. The molecule has 0 bridgehead atoms. The van der Waals surface area contributed by atoms with Gasteiger partial charge in [0.25, 0.3) is 0 Å². The summed E-state index contributed by atoms with van der Waals surface area (Å²) in [7, 11) is 0. The topological polar surface area (TPSA) is 20.3 Å². The maximum absolute atomic E-state index is 10.9. The minimum atomic E-state index is 0.431. The first kappa shape index (κ1) is 7.29. The molecule has 62 valence electrons. The average Bonchev–Trinajstić information content (AvgIpc) is 2.72. The fourth-order valence-electron chi connectivity index (χ4n) is 1.65. The van der Waals surface area contributed by atoms with Crippen molar-refractivity contribution in [2.24, 2.45) is 5.92 Å². The quantitative estimate of drug-likeness (QED) is 0.604. The predicted octanol–water partition coefficient (Wildman–Crippen LogP) is 1.06. The van der Waals surface area contributed by atoms with Crippen molar-refractivity contribution < 1.29 is 4.79 Å². The third kappa shape index (κ3) is 2.03. The van der Waals surface area contributed by atoms with E-state index in [1.54, 1.807) is 0 Å². The summed E-state index contributed by atoms with van der Waals surface area (Å²) >= 11 is 0. The second kappa shape index (κ2) is 2.94. The van der Waals surface area contributed by atoms with E-state index in [9.17, 15) is 4.79 Å². The van der Waals surface area contributed by atoms with Gasteiger partial charge in [0.05, 0.1) is 6.54 Å². The van der Waals surface area contributed by atoms with Crippen LogP contribution >= 0.6 is 0 Å². The van der Waals surface area contributed by atoms with Gasteiger partial charge in [-0.3, -0.25) is 9.69 Å². The molecule has 11 heavy (non-hydrogen) atoms. The van der Waals surface area contributed by atoms with Crippen LogP contribution in [0.4, 0.5) is 0 Å². The molecular formula is C9H15NO. The normalized spacial score (nSPS) is 26.4. The Morgan fingerprint density at radius 3 is 2.82 bits per heavy atom. The van der Waals surface area contributed by atoms with Crippen molar-refractivity contribution in [1.29, 1.82) is 0 Å². The Kier molecular flexibility index (Phi) is 1.95. The van der Waals surface area contributed by atoms with E-state index >= 15 is 0 Å². The SMILES string of the molecule is O=C1CCN(CCC2CC2)C1. The van der Waals surface area contributed by atoms with Crippen LogP contribution in [0, 0.1) is 5.92 Å². The molecule has 0 amide bonds. The summed E-state index contributed by atoms with van der Waals surface area (Å²) in [5.41, 5.74) is 0. The Bertz CT molecular complexity index is 163. The summed E-state index contributed by atoms with van der Waals surface area (Å²) in [5.74, 6) is 1.44. The molecule has 0 N–H and O–H groups in total. The van der Waals surface area contributed by atoms with E-state index in [0.717, 1.165) is 32.0 Å². The number of ketones is 1. The molecule has 0 aromatic rings. The van der Waals surface area contributed by atoms with Crippen molar-refractivity contribution in [3.05, 3.63) is 0 Å². The van der Waals surface area contributed by atoms with E-state index < -0.39 is 0 Å². The van der Waals surface area contributed by atoms with Gasteiger partial charge in [0.2, 0.25) is 0 Å².